The molecule has 5 rings (SSSR count). The molecule has 6 nitrogen and oxygen atoms in total. The van der Waals surface area contributed by atoms with Gasteiger partial charge in [0, 0.05) is 37.0 Å². The second-order valence-corrected chi connectivity index (χ2v) is 10.1. The highest BCUT2D eigenvalue weighted by atomic mass is 19.1. The molecule has 0 aliphatic rings. The van der Waals surface area contributed by atoms with E-state index in [4.69, 9.17) is 0 Å². The van der Waals surface area contributed by atoms with Gasteiger partial charge in [0.25, 0.3) is 5.91 Å². The fourth-order valence-corrected chi connectivity index (χ4v) is 5.19. The van der Waals surface area contributed by atoms with Crippen molar-refractivity contribution in [1.82, 2.24) is 20.4 Å². The summed E-state index contributed by atoms with van der Waals surface area (Å²) in [4.78, 5) is 13.5. The highest BCUT2D eigenvalue weighted by molar-refractivity contribution is 6.13. The van der Waals surface area contributed by atoms with Gasteiger partial charge in [-0.25, -0.2) is 8.78 Å². The average Bonchev–Trinajstić information content (AvgIpc) is 3.29. The summed E-state index contributed by atoms with van der Waals surface area (Å²) >= 11 is 0. The number of benzene rings is 4. The molecule has 1 amide bonds. The number of hydrogen-bond acceptors (Lipinski definition) is 4. The van der Waals surface area contributed by atoms with Gasteiger partial charge in [0.1, 0.15) is 11.6 Å². The number of fused-ring (bicyclic) bond motifs is 3. The van der Waals surface area contributed by atoms with Gasteiger partial charge in [-0.1, -0.05) is 61.5 Å². The van der Waals surface area contributed by atoms with Gasteiger partial charge in [-0.2, -0.15) is 5.10 Å². The lowest BCUT2D eigenvalue weighted by Gasteiger charge is -2.25. The topological polar surface area (TPSA) is 79.2 Å². The Morgan fingerprint density at radius 1 is 0.925 bits per heavy atom. The van der Waals surface area contributed by atoms with Crippen molar-refractivity contribution in [2.45, 2.75) is 38.5 Å². The molecule has 1 heterocycles. The van der Waals surface area contributed by atoms with Crippen LogP contribution in [0.1, 0.15) is 34.1 Å². The molecule has 0 unspecified atom stereocenters. The van der Waals surface area contributed by atoms with E-state index in [1.54, 1.807) is 11.7 Å². The number of carbonyl (C=O) groups excluding carboxylic acids is 1. The lowest BCUT2D eigenvalue weighted by atomic mass is 10.00. The standard InChI is InChI=1S/C32H32F2N4O2/c1-3-20-7-6-8-21(13-20)18-35-19-29(39)28(16-22-14-24(33)17-25(34)15-22)36-32(40)30-27-12-11-23-9-4-5-10-26(23)31(27)38(2)37-30/h4-15,17,28-29,35,39H,3,16,18-19H2,1-2H3,(H,36,40)/t28-,29-/m0/s1. The summed E-state index contributed by atoms with van der Waals surface area (Å²) in [5, 5.41) is 24.5. The van der Waals surface area contributed by atoms with E-state index in [0.717, 1.165) is 34.3 Å². The molecule has 0 aliphatic heterocycles. The molecule has 8 heteroatoms. The highest BCUT2D eigenvalue weighted by Gasteiger charge is 2.26. The molecule has 5 aromatic rings. The fourth-order valence-electron chi connectivity index (χ4n) is 5.19. The Hall–Kier alpha value is -4.14. The third-order valence-electron chi connectivity index (χ3n) is 7.19. The molecule has 3 N–H and O–H groups in total. The highest BCUT2D eigenvalue weighted by Crippen LogP contribution is 2.27. The van der Waals surface area contributed by atoms with Crippen molar-refractivity contribution in [3.63, 3.8) is 0 Å². The Bertz CT molecular complexity index is 1650. The second-order valence-electron chi connectivity index (χ2n) is 10.1. The first-order valence-electron chi connectivity index (χ1n) is 13.4. The number of nitrogens with zero attached hydrogens (tertiary/aromatic N) is 2. The zero-order valence-electron chi connectivity index (χ0n) is 22.5. The minimum Gasteiger partial charge on any atom is -0.390 e. The van der Waals surface area contributed by atoms with Crippen LogP contribution in [0.3, 0.4) is 0 Å². The number of aliphatic hydroxyl groups excluding tert-OH is 1. The Morgan fingerprint density at radius 3 is 2.45 bits per heavy atom. The summed E-state index contributed by atoms with van der Waals surface area (Å²) in [6.45, 7) is 2.77. The van der Waals surface area contributed by atoms with Crippen LogP contribution < -0.4 is 10.6 Å². The van der Waals surface area contributed by atoms with Crippen molar-refractivity contribution in [1.29, 1.82) is 0 Å². The quantitative estimate of drug-likeness (QED) is 0.231. The number of carbonyl (C=O) groups is 1. The Balaban J connectivity index is 1.38. The van der Waals surface area contributed by atoms with Crippen molar-refractivity contribution >= 4 is 27.6 Å². The zero-order valence-corrected chi connectivity index (χ0v) is 22.5. The van der Waals surface area contributed by atoms with E-state index in [9.17, 15) is 18.7 Å². The van der Waals surface area contributed by atoms with E-state index in [-0.39, 0.29) is 18.7 Å². The van der Waals surface area contributed by atoms with Crippen LogP contribution in [0.15, 0.2) is 78.9 Å². The largest absolute Gasteiger partial charge is 0.390 e. The van der Waals surface area contributed by atoms with E-state index >= 15 is 0 Å². The monoisotopic (exact) mass is 542 g/mol. The summed E-state index contributed by atoms with van der Waals surface area (Å²) in [7, 11) is 1.78. The van der Waals surface area contributed by atoms with Crippen LogP contribution in [0, 0.1) is 11.6 Å². The number of rotatable bonds is 10. The summed E-state index contributed by atoms with van der Waals surface area (Å²) in [6.07, 6.45) is -0.0878. The predicted molar refractivity (Wildman–Crippen MR) is 153 cm³/mol. The maximum atomic E-state index is 13.9. The summed E-state index contributed by atoms with van der Waals surface area (Å²) in [5.74, 6) is -1.91. The molecule has 0 fully saturated rings. The first-order valence-corrected chi connectivity index (χ1v) is 13.4. The third-order valence-corrected chi connectivity index (χ3v) is 7.19. The lowest BCUT2D eigenvalue weighted by Crippen LogP contribution is -2.48. The van der Waals surface area contributed by atoms with Crippen molar-refractivity contribution in [2.24, 2.45) is 7.05 Å². The zero-order chi connectivity index (χ0) is 28.2. The summed E-state index contributed by atoms with van der Waals surface area (Å²) in [6, 6.07) is 22.2. The van der Waals surface area contributed by atoms with Gasteiger partial charge in [-0.15, -0.1) is 0 Å². The molecular weight excluding hydrogens is 510 g/mol. The SMILES string of the molecule is CCc1cccc(CNC[C@H](O)[C@H](Cc2cc(F)cc(F)c2)NC(=O)c2nn(C)c3c2ccc2ccccc23)c1. The van der Waals surface area contributed by atoms with Crippen molar-refractivity contribution in [3.05, 3.63) is 113 Å². The van der Waals surface area contributed by atoms with Gasteiger partial charge in [-0.05, 0) is 53.1 Å². The molecule has 0 saturated carbocycles. The molecule has 1 aromatic heterocycles. The van der Waals surface area contributed by atoms with Crippen LogP contribution in [0.25, 0.3) is 21.7 Å². The van der Waals surface area contributed by atoms with Gasteiger partial charge in [0.2, 0.25) is 0 Å². The molecular formula is C32H32F2N4O2. The smallest absolute Gasteiger partial charge is 0.272 e. The number of aromatic nitrogens is 2. The Morgan fingerprint density at radius 2 is 1.68 bits per heavy atom. The first-order chi connectivity index (χ1) is 19.3. The third kappa shape index (κ3) is 6.03. The van der Waals surface area contributed by atoms with E-state index in [1.165, 1.54) is 17.7 Å². The van der Waals surface area contributed by atoms with Crippen molar-refractivity contribution in [2.75, 3.05) is 6.54 Å². The molecule has 4 aromatic carbocycles. The maximum absolute atomic E-state index is 13.9. The molecule has 0 spiro atoms. The molecule has 40 heavy (non-hydrogen) atoms. The van der Waals surface area contributed by atoms with E-state index in [1.807, 2.05) is 48.5 Å². The molecule has 2 atom stereocenters. The summed E-state index contributed by atoms with van der Waals surface area (Å²) in [5.41, 5.74) is 3.66. The van der Waals surface area contributed by atoms with E-state index in [2.05, 4.69) is 34.8 Å². The van der Waals surface area contributed by atoms with Gasteiger partial charge in [0.05, 0.1) is 17.7 Å². The molecule has 0 bridgehead atoms. The van der Waals surface area contributed by atoms with Gasteiger partial charge in [-0.3, -0.25) is 9.48 Å². The van der Waals surface area contributed by atoms with Crippen LogP contribution in [0.5, 0.6) is 0 Å². The number of halogens is 2. The van der Waals surface area contributed by atoms with E-state index < -0.39 is 29.7 Å². The average molecular weight is 543 g/mol. The van der Waals surface area contributed by atoms with Crippen LogP contribution in [-0.2, 0) is 26.4 Å². The van der Waals surface area contributed by atoms with Crippen LogP contribution >= 0.6 is 0 Å². The molecule has 0 radical (unpaired) electrons. The Labute approximate surface area is 231 Å². The molecule has 0 saturated heterocycles. The summed E-state index contributed by atoms with van der Waals surface area (Å²) < 4.78 is 29.6. The normalized spacial score (nSPS) is 13.0. The predicted octanol–water partition coefficient (Wildman–Crippen LogP) is 5.06. The number of nitrogens with one attached hydrogen (secondary N) is 2. The van der Waals surface area contributed by atoms with Gasteiger partial charge in [0.15, 0.2) is 5.69 Å². The Kier molecular flexibility index (Phi) is 8.19. The van der Waals surface area contributed by atoms with Gasteiger partial charge >= 0.3 is 0 Å². The van der Waals surface area contributed by atoms with Gasteiger partial charge < -0.3 is 15.7 Å². The second kappa shape index (κ2) is 11.9. The van der Waals surface area contributed by atoms with Crippen LogP contribution in [-0.4, -0.2) is 39.5 Å². The number of aliphatic hydroxyl groups is 1. The van der Waals surface area contributed by atoms with E-state index in [0.29, 0.717) is 17.5 Å². The molecule has 0 aliphatic carbocycles. The lowest BCUT2D eigenvalue weighted by molar-refractivity contribution is 0.0826. The number of amides is 1. The van der Waals surface area contributed by atoms with Crippen LogP contribution in [0.4, 0.5) is 8.78 Å². The van der Waals surface area contributed by atoms with Crippen molar-refractivity contribution in [3.8, 4) is 0 Å². The maximum Gasteiger partial charge on any atom is 0.272 e. The number of aryl methyl sites for hydroxylation is 2. The molecule has 206 valence electrons. The number of hydrogen-bond donors (Lipinski definition) is 3. The first kappa shape index (κ1) is 27.4. The fraction of sp³-hybridized carbons (Fsp3) is 0.250. The van der Waals surface area contributed by atoms with Crippen LogP contribution in [0.2, 0.25) is 0 Å². The minimum atomic E-state index is -1.04. The van der Waals surface area contributed by atoms with Crippen molar-refractivity contribution < 1.29 is 18.7 Å². The minimum absolute atomic E-state index is 0.0300.